The van der Waals surface area contributed by atoms with Gasteiger partial charge in [-0.25, -0.2) is 20.0 Å². The number of aromatic nitrogens is 2. The summed E-state index contributed by atoms with van der Waals surface area (Å²) in [6, 6.07) is 11.4. The summed E-state index contributed by atoms with van der Waals surface area (Å²) < 4.78 is 17.9. The third-order valence-corrected chi connectivity index (χ3v) is 7.87. The highest BCUT2D eigenvalue weighted by Crippen LogP contribution is 2.37. The lowest BCUT2D eigenvalue weighted by Crippen LogP contribution is -2.54. The summed E-state index contributed by atoms with van der Waals surface area (Å²) in [5.74, 6) is 2.91. The number of fused-ring (bicyclic) bond motifs is 1. The number of carbonyl (C=O) groups excluding carboxylic acids is 1. The van der Waals surface area contributed by atoms with Gasteiger partial charge in [0.25, 0.3) is 0 Å². The SMILES string of the molecule is COc1cc2c(N3CCN(N(C=O)c4ccc(OC(C)C)cc4)CC3)ncnc2cc1OC(C(C)O)C1CCCNC1. The normalized spacial score (nSPS) is 19.4. The summed E-state index contributed by atoms with van der Waals surface area (Å²) in [5, 5.41) is 18.5. The molecule has 42 heavy (non-hydrogen) atoms. The van der Waals surface area contributed by atoms with Gasteiger partial charge in [-0.1, -0.05) is 0 Å². The number of hydrazine groups is 1. The zero-order valence-electron chi connectivity index (χ0n) is 24.9. The van der Waals surface area contributed by atoms with Crippen LogP contribution in [0, 0.1) is 5.92 Å². The fraction of sp³-hybridized carbons (Fsp3) is 0.516. The molecule has 0 spiro atoms. The summed E-state index contributed by atoms with van der Waals surface area (Å²) in [6.07, 6.45) is 3.56. The van der Waals surface area contributed by atoms with Crippen LogP contribution in [0.25, 0.3) is 10.9 Å². The van der Waals surface area contributed by atoms with Crippen molar-refractivity contribution in [3.63, 3.8) is 0 Å². The molecule has 2 saturated heterocycles. The van der Waals surface area contributed by atoms with Gasteiger partial charge in [0.2, 0.25) is 6.41 Å². The van der Waals surface area contributed by atoms with Gasteiger partial charge in [0.1, 0.15) is 24.0 Å². The number of ether oxygens (including phenoxy) is 3. The predicted molar refractivity (Wildman–Crippen MR) is 162 cm³/mol. The molecule has 3 heterocycles. The largest absolute Gasteiger partial charge is 0.493 e. The molecule has 5 rings (SSSR count). The van der Waals surface area contributed by atoms with Crippen molar-refractivity contribution in [3.05, 3.63) is 42.7 Å². The summed E-state index contributed by atoms with van der Waals surface area (Å²) >= 11 is 0. The van der Waals surface area contributed by atoms with Crippen LogP contribution < -0.4 is 29.4 Å². The maximum absolute atomic E-state index is 12.1. The number of aliphatic hydroxyl groups excluding tert-OH is 1. The first-order chi connectivity index (χ1) is 20.4. The minimum absolute atomic E-state index is 0.0864. The van der Waals surface area contributed by atoms with Gasteiger partial charge < -0.3 is 29.5 Å². The second-order valence-electron chi connectivity index (χ2n) is 11.2. The van der Waals surface area contributed by atoms with Gasteiger partial charge in [0.05, 0.1) is 30.5 Å². The minimum Gasteiger partial charge on any atom is -0.493 e. The Morgan fingerprint density at radius 3 is 2.43 bits per heavy atom. The van der Waals surface area contributed by atoms with Crippen molar-refractivity contribution in [2.75, 3.05) is 56.3 Å². The van der Waals surface area contributed by atoms with E-state index in [1.165, 1.54) is 0 Å². The Bertz CT molecular complexity index is 1320. The number of nitrogens with one attached hydrogen (secondary N) is 1. The lowest BCUT2D eigenvalue weighted by atomic mass is 9.91. The van der Waals surface area contributed by atoms with Crippen molar-refractivity contribution < 1.29 is 24.1 Å². The van der Waals surface area contributed by atoms with Crippen molar-refractivity contribution in [2.24, 2.45) is 5.92 Å². The summed E-state index contributed by atoms with van der Waals surface area (Å²) in [6.45, 7) is 10.2. The van der Waals surface area contributed by atoms with Gasteiger partial charge >= 0.3 is 0 Å². The number of hydrogen-bond donors (Lipinski definition) is 2. The number of methoxy groups -OCH3 is 1. The molecule has 3 aromatic rings. The second kappa shape index (κ2) is 13.5. The molecule has 2 fully saturated rings. The zero-order chi connectivity index (χ0) is 29.6. The Kier molecular flexibility index (Phi) is 9.61. The molecule has 3 atom stereocenters. The smallest absolute Gasteiger partial charge is 0.228 e. The molecule has 2 aromatic carbocycles. The van der Waals surface area contributed by atoms with Gasteiger partial charge in [-0.3, -0.25) is 4.79 Å². The number of carbonyl (C=O) groups is 1. The van der Waals surface area contributed by atoms with Crippen LogP contribution in [0.3, 0.4) is 0 Å². The summed E-state index contributed by atoms with van der Waals surface area (Å²) in [5.41, 5.74) is 1.53. The number of amides is 1. The first-order valence-corrected chi connectivity index (χ1v) is 14.8. The number of piperidine rings is 1. The predicted octanol–water partition coefficient (Wildman–Crippen LogP) is 3.25. The Morgan fingerprint density at radius 1 is 1.05 bits per heavy atom. The average molecular weight is 579 g/mol. The van der Waals surface area contributed by atoms with Crippen molar-refractivity contribution >= 4 is 28.8 Å². The lowest BCUT2D eigenvalue weighted by molar-refractivity contribution is -0.110. The maximum Gasteiger partial charge on any atom is 0.228 e. The highest BCUT2D eigenvalue weighted by molar-refractivity contribution is 5.92. The maximum atomic E-state index is 12.1. The van der Waals surface area contributed by atoms with Crippen molar-refractivity contribution in [1.29, 1.82) is 0 Å². The Labute approximate surface area is 247 Å². The Morgan fingerprint density at radius 2 is 1.81 bits per heavy atom. The summed E-state index contributed by atoms with van der Waals surface area (Å²) in [7, 11) is 1.62. The third-order valence-electron chi connectivity index (χ3n) is 7.87. The van der Waals surface area contributed by atoms with E-state index in [2.05, 4.69) is 20.2 Å². The Hall–Kier alpha value is -3.67. The fourth-order valence-electron chi connectivity index (χ4n) is 5.81. The van der Waals surface area contributed by atoms with Crippen LogP contribution in [0.4, 0.5) is 11.5 Å². The Balaban J connectivity index is 1.32. The van der Waals surface area contributed by atoms with E-state index in [-0.39, 0.29) is 18.1 Å². The number of nitrogens with zero attached hydrogens (tertiary/aromatic N) is 5. The molecule has 0 saturated carbocycles. The molecule has 3 unspecified atom stereocenters. The molecule has 11 nitrogen and oxygen atoms in total. The molecule has 2 aliphatic rings. The van der Waals surface area contributed by atoms with Crippen LogP contribution >= 0.6 is 0 Å². The second-order valence-corrected chi connectivity index (χ2v) is 11.2. The van der Waals surface area contributed by atoms with E-state index in [4.69, 9.17) is 14.2 Å². The van der Waals surface area contributed by atoms with E-state index in [1.807, 2.05) is 55.3 Å². The van der Waals surface area contributed by atoms with Crippen LogP contribution in [-0.2, 0) is 4.79 Å². The highest BCUT2D eigenvalue weighted by atomic mass is 16.5. The van der Waals surface area contributed by atoms with Crippen LogP contribution in [0.1, 0.15) is 33.6 Å². The first-order valence-electron chi connectivity index (χ1n) is 14.8. The van der Waals surface area contributed by atoms with Crippen molar-refractivity contribution in [1.82, 2.24) is 20.3 Å². The monoisotopic (exact) mass is 578 g/mol. The molecular weight excluding hydrogens is 536 g/mol. The van der Waals surface area contributed by atoms with Gasteiger partial charge in [0.15, 0.2) is 11.5 Å². The topological polar surface area (TPSA) is 113 Å². The molecule has 0 bridgehead atoms. The number of aliphatic hydroxyl groups is 1. The fourth-order valence-corrected chi connectivity index (χ4v) is 5.81. The van der Waals surface area contributed by atoms with E-state index in [0.717, 1.165) is 60.5 Å². The molecule has 226 valence electrons. The molecule has 1 aromatic heterocycles. The van der Waals surface area contributed by atoms with E-state index >= 15 is 0 Å². The molecule has 0 aliphatic carbocycles. The first kappa shape index (κ1) is 29.8. The number of piperazine rings is 1. The van der Waals surface area contributed by atoms with E-state index in [1.54, 1.807) is 25.4 Å². The van der Waals surface area contributed by atoms with Crippen LogP contribution in [-0.4, -0.2) is 91.2 Å². The number of hydrogen-bond acceptors (Lipinski definition) is 10. The van der Waals surface area contributed by atoms with Crippen LogP contribution in [0.5, 0.6) is 17.2 Å². The highest BCUT2D eigenvalue weighted by Gasteiger charge is 2.31. The number of rotatable bonds is 11. The molecular formula is C31H42N6O5. The molecule has 0 radical (unpaired) electrons. The van der Waals surface area contributed by atoms with Crippen LogP contribution in [0.15, 0.2) is 42.7 Å². The minimum atomic E-state index is -0.634. The van der Waals surface area contributed by atoms with Gasteiger partial charge in [-0.15, -0.1) is 0 Å². The van der Waals surface area contributed by atoms with Gasteiger partial charge in [-0.2, -0.15) is 0 Å². The lowest BCUT2D eigenvalue weighted by Gasteiger charge is -2.40. The van der Waals surface area contributed by atoms with E-state index < -0.39 is 6.10 Å². The van der Waals surface area contributed by atoms with E-state index in [0.29, 0.717) is 37.7 Å². The van der Waals surface area contributed by atoms with Crippen LogP contribution in [0.2, 0.25) is 0 Å². The van der Waals surface area contributed by atoms with Gasteiger partial charge in [-0.05, 0) is 70.5 Å². The van der Waals surface area contributed by atoms with Gasteiger partial charge in [0, 0.05) is 50.1 Å². The number of anilines is 2. The quantitative estimate of drug-likeness (QED) is 0.329. The molecule has 2 aliphatic heterocycles. The van der Waals surface area contributed by atoms with Crippen molar-refractivity contribution in [3.8, 4) is 17.2 Å². The van der Waals surface area contributed by atoms with E-state index in [9.17, 15) is 9.90 Å². The molecule has 1 amide bonds. The van der Waals surface area contributed by atoms with Crippen molar-refractivity contribution in [2.45, 2.75) is 51.9 Å². The molecule has 2 N–H and O–H groups in total. The zero-order valence-corrected chi connectivity index (χ0v) is 24.9. The third kappa shape index (κ3) is 6.69. The molecule has 11 heteroatoms. The average Bonchev–Trinajstić information content (AvgIpc) is 3.00. The summed E-state index contributed by atoms with van der Waals surface area (Å²) in [4.78, 5) is 23.5. The number of benzene rings is 2. The standard InChI is InChI=1S/C31H42N6O5/c1-21(2)41-25-9-7-24(8-10-25)37(20-38)36-14-12-35(13-15-36)31-26-16-28(40-4)29(17-27(26)33-19-34-31)42-30(22(3)39)23-6-5-11-32-18-23/h7-10,16-17,19-23,30,32,39H,5-6,11-15,18H2,1-4H3.